The predicted octanol–water partition coefficient (Wildman–Crippen LogP) is 1.29. The van der Waals surface area contributed by atoms with Crippen molar-refractivity contribution in [3.63, 3.8) is 0 Å². The first kappa shape index (κ1) is 20.1. The summed E-state index contributed by atoms with van der Waals surface area (Å²) in [5.41, 5.74) is 0.439. The van der Waals surface area contributed by atoms with E-state index in [-0.39, 0.29) is 30.3 Å². The van der Waals surface area contributed by atoms with E-state index < -0.39 is 21.0 Å². The number of benzene rings is 2. The summed E-state index contributed by atoms with van der Waals surface area (Å²) in [7, 11) is -3.97. The number of nitriles is 1. The molecule has 2 N–H and O–H groups in total. The summed E-state index contributed by atoms with van der Waals surface area (Å²) in [6, 6.07) is 17.8. The standard InChI is InChI=1S/C19H19N3O4S/c20-12-14-22-19(24)17(27(25,26)16-9-5-2-6-10-16)11-13-21-18(23)15-7-3-1-4-8-15/h1-10,17H,11,13-14H2,(H,21,23)(H,22,24). The van der Waals surface area contributed by atoms with Crippen LogP contribution in [0.2, 0.25) is 0 Å². The Morgan fingerprint density at radius 2 is 1.56 bits per heavy atom. The highest BCUT2D eigenvalue weighted by Gasteiger charge is 2.33. The normalized spacial score (nSPS) is 11.8. The molecule has 2 rings (SSSR count). The van der Waals surface area contributed by atoms with Crippen LogP contribution in [0.15, 0.2) is 65.6 Å². The van der Waals surface area contributed by atoms with Crippen molar-refractivity contribution in [1.29, 1.82) is 5.26 Å². The molecule has 0 saturated heterocycles. The summed E-state index contributed by atoms with van der Waals surface area (Å²) in [6.45, 7) is -0.305. The van der Waals surface area contributed by atoms with Crippen LogP contribution in [0.1, 0.15) is 16.8 Å². The van der Waals surface area contributed by atoms with Crippen LogP contribution in [0, 0.1) is 11.3 Å². The number of hydrogen-bond donors (Lipinski definition) is 2. The number of carbonyl (C=O) groups excluding carboxylic acids is 2. The number of carbonyl (C=O) groups is 2. The fourth-order valence-electron chi connectivity index (χ4n) is 2.45. The van der Waals surface area contributed by atoms with Crippen LogP contribution in [-0.2, 0) is 14.6 Å². The van der Waals surface area contributed by atoms with E-state index in [2.05, 4.69) is 10.6 Å². The number of hydrogen-bond acceptors (Lipinski definition) is 5. The molecule has 0 aliphatic carbocycles. The zero-order chi connectivity index (χ0) is 19.7. The van der Waals surface area contributed by atoms with Crippen LogP contribution < -0.4 is 10.6 Å². The van der Waals surface area contributed by atoms with Gasteiger partial charge in [0.15, 0.2) is 9.84 Å². The van der Waals surface area contributed by atoms with Crippen LogP contribution in [0.3, 0.4) is 0 Å². The van der Waals surface area contributed by atoms with Gasteiger partial charge in [-0.1, -0.05) is 36.4 Å². The Hall–Kier alpha value is -3.18. The van der Waals surface area contributed by atoms with Crippen LogP contribution in [0.5, 0.6) is 0 Å². The van der Waals surface area contributed by atoms with E-state index in [0.29, 0.717) is 5.56 Å². The quantitative estimate of drug-likeness (QED) is 0.664. The predicted molar refractivity (Wildman–Crippen MR) is 99.4 cm³/mol. The average Bonchev–Trinajstić information content (AvgIpc) is 2.70. The van der Waals surface area contributed by atoms with E-state index in [9.17, 15) is 18.0 Å². The molecule has 0 radical (unpaired) electrons. The first-order chi connectivity index (χ1) is 13.0. The third-order valence-electron chi connectivity index (χ3n) is 3.81. The summed E-state index contributed by atoms with van der Waals surface area (Å²) in [5, 5.41) is 12.1. The molecular weight excluding hydrogens is 366 g/mol. The van der Waals surface area contributed by atoms with Crippen molar-refractivity contribution in [3.05, 3.63) is 66.2 Å². The maximum atomic E-state index is 12.8. The van der Waals surface area contributed by atoms with E-state index >= 15 is 0 Å². The lowest BCUT2D eigenvalue weighted by Gasteiger charge is -2.17. The Labute approximate surface area is 157 Å². The second-order valence-corrected chi connectivity index (χ2v) is 7.76. The maximum absolute atomic E-state index is 12.8. The molecule has 0 heterocycles. The lowest BCUT2D eigenvalue weighted by molar-refractivity contribution is -0.120. The molecule has 0 saturated carbocycles. The molecule has 0 spiro atoms. The molecule has 2 amide bonds. The molecule has 0 bridgehead atoms. The lowest BCUT2D eigenvalue weighted by atomic mass is 10.2. The molecule has 1 atom stereocenters. The number of nitrogens with one attached hydrogen (secondary N) is 2. The molecule has 0 fully saturated rings. The topological polar surface area (TPSA) is 116 Å². The molecule has 140 valence electrons. The molecule has 2 aromatic rings. The summed E-state index contributed by atoms with van der Waals surface area (Å²) in [4.78, 5) is 24.4. The molecule has 0 aliphatic heterocycles. The zero-order valence-electron chi connectivity index (χ0n) is 14.5. The van der Waals surface area contributed by atoms with Gasteiger partial charge in [-0.2, -0.15) is 5.26 Å². The van der Waals surface area contributed by atoms with Gasteiger partial charge in [0.1, 0.15) is 11.8 Å². The number of sulfone groups is 1. The lowest BCUT2D eigenvalue weighted by Crippen LogP contribution is -2.42. The van der Waals surface area contributed by atoms with E-state index in [1.165, 1.54) is 12.1 Å². The largest absolute Gasteiger partial charge is 0.352 e. The molecule has 0 aliphatic rings. The van der Waals surface area contributed by atoms with Gasteiger partial charge in [0.25, 0.3) is 5.91 Å². The van der Waals surface area contributed by atoms with Crippen LogP contribution in [0.25, 0.3) is 0 Å². The molecule has 0 aromatic heterocycles. The van der Waals surface area contributed by atoms with Crippen molar-refractivity contribution in [3.8, 4) is 6.07 Å². The van der Waals surface area contributed by atoms with Gasteiger partial charge in [-0.05, 0) is 30.7 Å². The van der Waals surface area contributed by atoms with E-state index in [0.717, 1.165) is 0 Å². The smallest absolute Gasteiger partial charge is 0.251 e. The van der Waals surface area contributed by atoms with Crippen molar-refractivity contribution in [2.45, 2.75) is 16.6 Å². The Bertz CT molecular complexity index is 922. The summed E-state index contributed by atoms with van der Waals surface area (Å²) in [5.74, 6) is -1.13. The second kappa shape index (κ2) is 9.50. The van der Waals surface area contributed by atoms with Crippen molar-refractivity contribution in [2.24, 2.45) is 0 Å². The maximum Gasteiger partial charge on any atom is 0.251 e. The Morgan fingerprint density at radius 3 is 2.15 bits per heavy atom. The number of amides is 2. The van der Waals surface area contributed by atoms with Gasteiger partial charge in [0.2, 0.25) is 5.91 Å². The van der Waals surface area contributed by atoms with Crippen molar-refractivity contribution in [2.75, 3.05) is 13.1 Å². The Kier molecular flexibility index (Phi) is 7.08. The molecule has 8 heteroatoms. The van der Waals surface area contributed by atoms with Gasteiger partial charge in [-0.3, -0.25) is 9.59 Å². The van der Waals surface area contributed by atoms with E-state index in [1.54, 1.807) is 54.6 Å². The zero-order valence-corrected chi connectivity index (χ0v) is 15.3. The molecule has 1 unspecified atom stereocenters. The molecule has 2 aromatic carbocycles. The fraction of sp³-hybridized carbons (Fsp3) is 0.211. The SMILES string of the molecule is N#CCNC(=O)C(CCNC(=O)c1ccccc1)S(=O)(=O)c1ccccc1. The van der Waals surface area contributed by atoms with Gasteiger partial charge in [-0.15, -0.1) is 0 Å². The average molecular weight is 385 g/mol. The Morgan fingerprint density at radius 1 is 0.963 bits per heavy atom. The van der Waals surface area contributed by atoms with Gasteiger partial charge in [0, 0.05) is 12.1 Å². The van der Waals surface area contributed by atoms with Gasteiger partial charge >= 0.3 is 0 Å². The number of nitrogens with zero attached hydrogens (tertiary/aromatic N) is 1. The van der Waals surface area contributed by atoms with Crippen LogP contribution in [0.4, 0.5) is 0 Å². The van der Waals surface area contributed by atoms with Gasteiger partial charge in [-0.25, -0.2) is 8.42 Å². The summed E-state index contributed by atoms with van der Waals surface area (Å²) < 4.78 is 25.7. The number of rotatable bonds is 8. The van der Waals surface area contributed by atoms with Crippen molar-refractivity contribution < 1.29 is 18.0 Å². The highest BCUT2D eigenvalue weighted by Crippen LogP contribution is 2.18. The van der Waals surface area contributed by atoms with E-state index in [4.69, 9.17) is 5.26 Å². The van der Waals surface area contributed by atoms with Gasteiger partial charge in [0.05, 0.1) is 11.0 Å². The van der Waals surface area contributed by atoms with Crippen molar-refractivity contribution in [1.82, 2.24) is 10.6 Å². The molecular formula is C19H19N3O4S. The Balaban J connectivity index is 2.12. The molecule has 27 heavy (non-hydrogen) atoms. The second-order valence-electron chi connectivity index (χ2n) is 5.63. The minimum atomic E-state index is -3.97. The van der Waals surface area contributed by atoms with Crippen LogP contribution in [-0.4, -0.2) is 38.6 Å². The first-order valence-corrected chi connectivity index (χ1v) is 9.78. The minimum Gasteiger partial charge on any atom is -0.352 e. The van der Waals surface area contributed by atoms with Gasteiger partial charge < -0.3 is 10.6 Å². The third-order valence-corrected chi connectivity index (χ3v) is 5.94. The summed E-state index contributed by atoms with van der Waals surface area (Å²) >= 11 is 0. The monoisotopic (exact) mass is 385 g/mol. The van der Waals surface area contributed by atoms with E-state index in [1.807, 2.05) is 0 Å². The molecule has 7 nitrogen and oxygen atoms in total. The highest BCUT2D eigenvalue weighted by molar-refractivity contribution is 7.92. The third kappa shape index (κ3) is 5.39. The first-order valence-electron chi connectivity index (χ1n) is 8.23. The fourth-order valence-corrected chi connectivity index (χ4v) is 4.11. The van der Waals surface area contributed by atoms with Crippen molar-refractivity contribution >= 4 is 21.7 Å². The minimum absolute atomic E-state index is 0.00949. The van der Waals surface area contributed by atoms with Crippen LogP contribution >= 0.6 is 0 Å². The summed E-state index contributed by atoms with van der Waals surface area (Å²) in [6.07, 6.45) is -0.118. The highest BCUT2D eigenvalue weighted by atomic mass is 32.2.